The molecule has 2 aliphatic carbocycles. The highest BCUT2D eigenvalue weighted by molar-refractivity contribution is 5.98. The molecule has 104 valence electrons. The molecule has 19 heavy (non-hydrogen) atoms. The molecule has 2 fully saturated rings. The lowest BCUT2D eigenvalue weighted by atomic mass is 9.67. The molecule has 0 aromatic carbocycles. The number of rotatable bonds is 0. The van der Waals surface area contributed by atoms with Crippen molar-refractivity contribution in [3.63, 3.8) is 0 Å². The van der Waals surface area contributed by atoms with Crippen molar-refractivity contribution in [1.29, 1.82) is 0 Å². The molecular weight excluding hydrogens is 244 g/mol. The number of aliphatic hydroxyl groups is 1. The second-order valence-electron chi connectivity index (χ2n) is 6.53. The first kappa shape index (κ1) is 12.9. The Bertz CT molecular complexity index is 469. The molecule has 0 spiro atoms. The first-order valence-electron chi connectivity index (χ1n) is 6.98. The van der Waals surface area contributed by atoms with Gasteiger partial charge in [0.05, 0.1) is 17.4 Å². The average Bonchev–Trinajstić information content (AvgIpc) is 2.77. The summed E-state index contributed by atoms with van der Waals surface area (Å²) in [5.74, 6) is -0.627. The van der Waals surface area contributed by atoms with Crippen LogP contribution in [0.2, 0.25) is 0 Å². The molecule has 1 N–H and O–H groups in total. The van der Waals surface area contributed by atoms with E-state index in [-0.39, 0.29) is 41.5 Å². The maximum absolute atomic E-state index is 12.2. The van der Waals surface area contributed by atoms with E-state index >= 15 is 0 Å². The largest absolute Gasteiger partial charge is 0.462 e. The van der Waals surface area contributed by atoms with Crippen molar-refractivity contribution in [3.8, 4) is 0 Å². The van der Waals surface area contributed by atoms with Crippen LogP contribution < -0.4 is 0 Å². The van der Waals surface area contributed by atoms with Gasteiger partial charge < -0.3 is 9.84 Å². The lowest BCUT2D eigenvalue weighted by Crippen LogP contribution is -2.47. The summed E-state index contributed by atoms with van der Waals surface area (Å²) in [5.41, 5.74) is -0.804. The molecule has 0 aromatic heterocycles. The van der Waals surface area contributed by atoms with Crippen molar-refractivity contribution in [2.45, 2.75) is 39.4 Å². The predicted octanol–water partition coefficient (Wildman–Crippen LogP) is 1.33. The second kappa shape index (κ2) is 3.92. The van der Waals surface area contributed by atoms with E-state index in [4.69, 9.17) is 4.74 Å². The van der Waals surface area contributed by atoms with E-state index in [1.54, 1.807) is 13.0 Å². The molecule has 3 aliphatic rings. The molecule has 0 radical (unpaired) electrons. The van der Waals surface area contributed by atoms with Crippen molar-refractivity contribution in [2.24, 2.45) is 29.1 Å². The maximum Gasteiger partial charge on any atom is 0.309 e. The summed E-state index contributed by atoms with van der Waals surface area (Å²) < 4.78 is 5.41. The highest BCUT2D eigenvalue weighted by atomic mass is 16.6. The van der Waals surface area contributed by atoms with Gasteiger partial charge in [0, 0.05) is 5.92 Å². The average molecular weight is 264 g/mol. The summed E-state index contributed by atoms with van der Waals surface area (Å²) in [4.78, 5) is 24.0. The minimum atomic E-state index is -0.823. The number of carbonyl (C=O) groups excluding carboxylic acids is 2. The number of aliphatic hydroxyl groups excluding tert-OH is 1. The van der Waals surface area contributed by atoms with E-state index in [0.717, 1.165) is 6.42 Å². The van der Waals surface area contributed by atoms with Gasteiger partial charge in [-0.25, -0.2) is 0 Å². The molecular formula is C15H20O4. The van der Waals surface area contributed by atoms with Gasteiger partial charge in [-0.2, -0.15) is 0 Å². The van der Waals surface area contributed by atoms with Crippen molar-refractivity contribution in [2.75, 3.05) is 0 Å². The maximum atomic E-state index is 12.2. The number of esters is 1. The standard InChI is InChI=1S/C15H20O4/c1-7-6-10-12(8(2)14(18)19-10)13(17)15(3)9(7)4-5-11(15)16/h4-5,7-10,12-13,17H,6H2,1-3H3/t7-,8+,9+,10+,12-,13+,15+/m1/s1. The highest BCUT2D eigenvalue weighted by Gasteiger charge is 2.60. The number of hydrogen-bond acceptors (Lipinski definition) is 4. The Hall–Kier alpha value is -1.16. The summed E-state index contributed by atoms with van der Waals surface area (Å²) in [6.45, 7) is 5.69. The van der Waals surface area contributed by atoms with Gasteiger partial charge in [-0.1, -0.05) is 19.9 Å². The number of ketones is 1. The van der Waals surface area contributed by atoms with Gasteiger partial charge in [-0.15, -0.1) is 0 Å². The Morgan fingerprint density at radius 3 is 2.74 bits per heavy atom. The van der Waals surface area contributed by atoms with Crippen LogP contribution in [0.3, 0.4) is 0 Å². The number of fused-ring (bicyclic) bond motifs is 2. The molecule has 4 heteroatoms. The van der Waals surface area contributed by atoms with E-state index in [9.17, 15) is 14.7 Å². The third-order valence-corrected chi connectivity index (χ3v) is 5.52. The lowest BCUT2D eigenvalue weighted by Gasteiger charge is -2.37. The predicted molar refractivity (Wildman–Crippen MR) is 68.1 cm³/mol. The summed E-state index contributed by atoms with van der Waals surface area (Å²) in [5, 5.41) is 10.8. The van der Waals surface area contributed by atoms with Crippen LogP contribution in [-0.4, -0.2) is 29.1 Å². The van der Waals surface area contributed by atoms with Crippen LogP contribution in [0.5, 0.6) is 0 Å². The lowest BCUT2D eigenvalue weighted by molar-refractivity contribution is -0.144. The molecule has 0 bridgehead atoms. The fourth-order valence-electron chi connectivity index (χ4n) is 4.27. The van der Waals surface area contributed by atoms with Crippen LogP contribution >= 0.6 is 0 Å². The van der Waals surface area contributed by atoms with Gasteiger partial charge in [0.25, 0.3) is 0 Å². The van der Waals surface area contributed by atoms with Gasteiger partial charge in [0.15, 0.2) is 5.78 Å². The van der Waals surface area contributed by atoms with Gasteiger partial charge in [0.2, 0.25) is 0 Å². The zero-order valence-corrected chi connectivity index (χ0v) is 11.5. The summed E-state index contributed by atoms with van der Waals surface area (Å²) in [6, 6.07) is 0. The van der Waals surface area contributed by atoms with Gasteiger partial charge in [-0.3, -0.25) is 9.59 Å². The zero-order chi connectivity index (χ0) is 13.9. The molecule has 7 atom stereocenters. The molecule has 4 nitrogen and oxygen atoms in total. The third kappa shape index (κ3) is 1.49. The van der Waals surface area contributed by atoms with Gasteiger partial charge in [-0.05, 0) is 31.3 Å². The topological polar surface area (TPSA) is 63.6 Å². The fraction of sp³-hybridized carbons (Fsp3) is 0.733. The molecule has 1 saturated carbocycles. The van der Waals surface area contributed by atoms with Crippen LogP contribution in [-0.2, 0) is 14.3 Å². The van der Waals surface area contributed by atoms with E-state index in [1.165, 1.54) is 0 Å². The van der Waals surface area contributed by atoms with Crippen molar-refractivity contribution >= 4 is 11.8 Å². The van der Waals surface area contributed by atoms with Crippen molar-refractivity contribution in [3.05, 3.63) is 12.2 Å². The summed E-state index contributed by atoms with van der Waals surface area (Å²) in [6.07, 6.45) is 3.15. The third-order valence-electron chi connectivity index (χ3n) is 5.52. The molecule has 1 aliphatic heterocycles. The van der Waals surface area contributed by atoms with Crippen molar-refractivity contribution < 1.29 is 19.4 Å². The van der Waals surface area contributed by atoms with Crippen LogP contribution in [0.25, 0.3) is 0 Å². The van der Waals surface area contributed by atoms with Gasteiger partial charge >= 0.3 is 5.97 Å². The first-order valence-corrected chi connectivity index (χ1v) is 6.98. The molecule has 1 saturated heterocycles. The first-order chi connectivity index (χ1) is 8.87. The van der Waals surface area contributed by atoms with Crippen LogP contribution in [0.1, 0.15) is 27.2 Å². The molecule has 1 heterocycles. The summed E-state index contributed by atoms with van der Waals surface area (Å²) in [7, 11) is 0. The quantitative estimate of drug-likeness (QED) is 0.670. The second-order valence-corrected chi connectivity index (χ2v) is 6.53. The Labute approximate surface area is 112 Å². The van der Waals surface area contributed by atoms with E-state index in [1.807, 2.05) is 13.0 Å². The SMILES string of the molecule is C[C@@H]1C[C@@H]2OC(=O)[C@@H](C)[C@H]2[C@H](O)[C@]2(C)C(=O)C=C[C@@H]12. The number of ether oxygens (including phenoxy) is 1. The molecule has 0 aromatic rings. The van der Waals surface area contributed by atoms with Gasteiger partial charge in [0.1, 0.15) is 6.10 Å². The minimum Gasteiger partial charge on any atom is -0.462 e. The van der Waals surface area contributed by atoms with Crippen molar-refractivity contribution in [1.82, 2.24) is 0 Å². The number of allylic oxidation sites excluding steroid dienone is 2. The molecule has 3 rings (SSSR count). The Morgan fingerprint density at radius 2 is 2.05 bits per heavy atom. The zero-order valence-electron chi connectivity index (χ0n) is 11.5. The highest BCUT2D eigenvalue weighted by Crippen LogP contribution is 2.53. The minimum absolute atomic E-state index is 0.0240. The fourth-order valence-corrected chi connectivity index (χ4v) is 4.27. The van der Waals surface area contributed by atoms with Crippen LogP contribution in [0, 0.1) is 29.1 Å². The molecule has 0 amide bonds. The smallest absolute Gasteiger partial charge is 0.309 e. The Morgan fingerprint density at radius 1 is 1.37 bits per heavy atom. The van der Waals surface area contributed by atoms with E-state index < -0.39 is 11.5 Å². The monoisotopic (exact) mass is 264 g/mol. The van der Waals surface area contributed by atoms with Crippen LogP contribution in [0.15, 0.2) is 12.2 Å². The summed E-state index contributed by atoms with van der Waals surface area (Å²) >= 11 is 0. The Balaban J connectivity index is 2.06. The van der Waals surface area contributed by atoms with Crippen LogP contribution in [0.4, 0.5) is 0 Å². The van der Waals surface area contributed by atoms with E-state index in [0.29, 0.717) is 0 Å². The molecule has 0 unspecified atom stereocenters. The van der Waals surface area contributed by atoms with E-state index in [2.05, 4.69) is 6.92 Å². The normalized spacial score (nSPS) is 52.6. The Kier molecular flexibility index (Phi) is 2.65. The number of hydrogen-bond donors (Lipinski definition) is 1. The number of carbonyl (C=O) groups is 2.